The maximum Gasteiger partial charge on any atom is 0.460 e. The number of hydrogen-bond acceptors (Lipinski definition) is 1. The monoisotopic (exact) mass is 486 g/mol. The molecule has 0 aliphatic heterocycles. The number of alkyl halides is 13. The first-order valence-corrected chi connectivity index (χ1v) is 7.20. The second-order valence-corrected chi connectivity index (χ2v) is 5.69. The minimum atomic E-state index is -8.31. The molecule has 16 heteroatoms. The third-order valence-corrected chi connectivity index (χ3v) is 3.64. The fraction of sp³-hybridized carbons (Fsp3) is 0.400. The van der Waals surface area contributed by atoms with Crippen molar-refractivity contribution in [2.75, 3.05) is 0 Å². The van der Waals surface area contributed by atoms with E-state index in [1.54, 1.807) is 0 Å². The number of benzene rings is 1. The lowest BCUT2D eigenvalue weighted by molar-refractivity contribution is -0.437. The number of ketones is 1. The summed E-state index contributed by atoms with van der Waals surface area (Å²) in [4.78, 5) is 11.4. The fourth-order valence-electron chi connectivity index (χ4n) is 1.86. The normalized spacial score (nSPS) is 15.6. The molecule has 0 atom stereocenters. The molecule has 0 fully saturated rings. The lowest BCUT2D eigenvalue weighted by atomic mass is 9.92. The average Bonchev–Trinajstić information content (AvgIpc) is 2.65. The van der Waals surface area contributed by atoms with E-state index in [2.05, 4.69) is 0 Å². The van der Waals surface area contributed by atoms with Crippen molar-refractivity contribution >= 4 is 5.78 Å². The number of allylic oxidation sites excluding steroid dienone is 2. The molecule has 0 aliphatic rings. The van der Waals surface area contributed by atoms with Crippen LogP contribution in [0.4, 0.5) is 65.9 Å². The van der Waals surface area contributed by atoms with Gasteiger partial charge < -0.3 is 0 Å². The molecule has 0 N–H and O–H groups in total. The molecule has 0 bridgehead atoms. The van der Waals surface area contributed by atoms with E-state index in [-0.39, 0.29) is 0 Å². The van der Waals surface area contributed by atoms with Crippen LogP contribution in [0.1, 0.15) is 10.4 Å². The summed E-state index contributed by atoms with van der Waals surface area (Å²) in [5.41, 5.74) is -1.03. The van der Waals surface area contributed by atoms with Crippen LogP contribution in [0.5, 0.6) is 0 Å². The minimum Gasteiger partial charge on any atom is -0.286 e. The van der Waals surface area contributed by atoms with Gasteiger partial charge in [-0.15, -0.1) is 0 Å². The van der Waals surface area contributed by atoms with Crippen LogP contribution < -0.4 is 0 Å². The molecule has 0 heterocycles. The first-order valence-electron chi connectivity index (χ1n) is 7.20. The highest BCUT2D eigenvalue weighted by molar-refractivity contribution is 6.07. The third kappa shape index (κ3) is 3.84. The molecular formula is C15H5F15O. The number of carbonyl (C=O) groups is 1. The van der Waals surface area contributed by atoms with Crippen molar-refractivity contribution in [3.8, 4) is 0 Å². The standard InChI is InChI=1S/C15H5F15O/c16-7(8(31)6-4-2-1-3-5-6)9(17)10(18,19)11(20,21)12(22,23)13(24,25)14(26,27)15(28,29)30/h1-5H/b9-7+. The van der Waals surface area contributed by atoms with Crippen LogP contribution in [0.3, 0.4) is 0 Å². The van der Waals surface area contributed by atoms with Crippen molar-refractivity contribution in [2.24, 2.45) is 0 Å². The van der Waals surface area contributed by atoms with Crippen LogP contribution in [0.25, 0.3) is 0 Å². The second-order valence-electron chi connectivity index (χ2n) is 5.69. The van der Waals surface area contributed by atoms with Gasteiger partial charge in [0.05, 0.1) is 0 Å². The Morgan fingerprint density at radius 3 is 1.35 bits per heavy atom. The molecule has 0 saturated heterocycles. The predicted octanol–water partition coefficient (Wildman–Crippen LogP) is 6.76. The van der Waals surface area contributed by atoms with E-state index in [0.29, 0.717) is 12.1 Å². The maximum absolute atomic E-state index is 13.6. The molecule has 1 aromatic rings. The summed E-state index contributed by atoms with van der Waals surface area (Å²) in [5.74, 6) is -50.6. The number of halogens is 15. The Labute approximate surface area is 161 Å². The number of carbonyl (C=O) groups excluding carboxylic acids is 1. The Bertz CT molecular complexity index is 851. The fourth-order valence-corrected chi connectivity index (χ4v) is 1.86. The van der Waals surface area contributed by atoms with Gasteiger partial charge in [-0.1, -0.05) is 30.3 Å². The topological polar surface area (TPSA) is 17.1 Å². The van der Waals surface area contributed by atoms with E-state index in [1.165, 1.54) is 0 Å². The van der Waals surface area contributed by atoms with Gasteiger partial charge in [-0.05, 0) is 0 Å². The highest BCUT2D eigenvalue weighted by atomic mass is 19.4. The zero-order valence-electron chi connectivity index (χ0n) is 14.0. The molecule has 0 aromatic heterocycles. The molecule has 0 amide bonds. The third-order valence-electron chi connectivity index (χ3n) is 3.64. The van der Waals surface area contributed by atoms with Crippen LogP contribution >= 0.6 is 0 Å². The van der Waals surface area contributed by atoms with Gasteiger partial charge in [0, 0.05) is 5.56 Å². The van der Waals surface area contributed by atoms with Gasteiger partial charge in [-0.25, -0.2) is 4.39 Å². The molecular weight excluding hydrogens is 481 g/mol. The maximum atomic E-state index is 13.6. The van der Waals surface area contributed by atoms with Gasteiger partial charge in [0.25, 0.3) is 0 Å². The van der Waals surface area contributed by atoms with Crippen molar-refractivity contribution < 1.29 is 70.7 Å². The molecule has 1 aromatic carbocycles. The van der Waals surface area contributed by atoms with Crippen LogP contribution in [-0.4, -0.2) is 41.6 Å². The molecule has 0 radical (unpaired) electrons. The van der Waals surface area contributed by atoms with Crippen molar-refractivity contribution in [3.63, 3.8) is 0 Å². The summed E-state index contributed by atoms with van der Waals surface area (Å²) in [7, 11) is 0. The Balaban J connectivity index is 3.60. The summed E-state index contributed by atoms with van der Waals surface area (Å²) in [5, 5.41) is 0. The smallest absolute Gasteiger partial charge is 0.286 e. The summed E-state index contributed by atoms with van der Waals surface area (Å²) in [6.07, 6.45) is -7.64. The van der Waals surface area contributed by atoms with Gasteiger partial charge in [0.15, 0.2) is 0 Å². The molecule has 1 rings (SSSR count). The molecule has 176 valence electrons. The summed E-state index contributed by atoms with van der Waals surface area (Å²) in [6, 6.07) is 4.09. The molecule has 31 heavy (non-hydrogen) atoms. The quantitative estimate of drug-likeness (QED) is 0.237. The SMILES string of the molecule is O=C(/C(F)=C(\F)C(F)(F)C(F)(F)C(F)(F)C(F)(F)C(F)(F)C(F)(F)F)c1ccccc1. The van der Waals surface area contributed by atoms with Gasteiger partial charge >= 0.3 is 35.8 Å². The van der Waals surface area contributed by atoms with E-state index in [4.69, 9.17) is 0 Å². The Hall–Kier alpha value is -2.42. The Morgan fingerprint density at radius 2 is 0.968 bits per heavy atom. The van der Waals surface area contributed by atoms with Crippen molar-refractivity contribution in [1.29, 1.82) is 0 Å². The molecule has 1 nitrogen and oxygen atoms in total. The van der Waals surface area contributed by atoms with Gasteiger partial charge in [0.2, 0.25) is 17.4 Å². The Morgan fingerprint density at radius 1 is 0.581 bits per heavy atom. The highest BCUT2D eigenvalue weighted by Crippen LogP contribution is 2.61. The van der Waals surface area contributed by atoms with Crippen LogP contribution in [-0.2, 0) is 0 Å². The predicted molar refractivity (Wildman–Crippen MR) is 70.8 cm³/mol. The lowest BCUT2D eigenvalue weighted by Gasteiger charge is -2.39. The van der Waals surface area contributed by atoms with Crippen LogP contribution in [0, 0.1) is 0 Å². The van der Waals surface area contributed by atoms with E-state index in [1.807, 2.05) is 0 Å². The molecule has 0 saturated carbocycles. The highest BCUT2D eigenvalue weighted by Gasteiger charge is 2.91. The average molecular weight is 486 g/mol. The summed E-state index contributed by atoms with van der Waals surface area (Å²) in [6.45, 7) is 0. The zero-order valence-corrected chi connectivity index (χ0v) is 14.0. The zero-order chi connectivity index (χ0) is 24.8. The second kappa shape index (κ2) is 7.62. The number of Topliss-reactive ketones (excluding diaryl/α,β-unsaturated/α-hetero) is 1. The largest absolute Gasteiger partial charge is 0.460 e. The van der Waals surface area contributed by atoms with E-state index in [0.717, 1.165) is 18.2 Å². The number of hydrogen-bond donors (Lipinski definition) is 0. The summed E-state index contributed by atoms with van der Waals surface area (Å²) < 4.78 is 195. The van der Waals surface area contributed by atoms with E-state index < -0.39 is 58.8 Å². The first-order chi connectivity index (χ1) is 13.6. The van der Waals surface area contributed by atoms with Crippen molar-refractivity contribution in [1.82, 2.24) is 0 Å². The summed E-state index contributed by atoms with van der Waals surface area (Å²) >= 11 is 0. The van der Waals surface area contributed by atoms with Crippen molar-refractivity contribution in [2.45, 2.75) is 35.8 Å². The van der Waals surface area contributed by atoms with Gasteiger partial charge in [0.1, 0.15) is 0 Å². The lowest BCUT2D eigenvalue weighted by Crippen LogP contribution is -2.70. The Kier molecular flexibility index (Phi) is 6.54. The number of rotatable bonds is 7. The van der Waals surface area contributed by atoms with Crippen LogP contribution in [0.2, 0.25) is 0 Å². The minimum absolute atomic E-state index is 0.581. The van der Waals surface area contributed by atoms with Gasteiger partial charge in [-0.3, -0.25) is 4.79 Å². The molecule has 0 unspecified atom stereocenters. The molecule has 0 spiro atoms. The molecule has 0 aliphatic carbocycles. The first kappa shape index (κ1) is 26.6. The van der Waals surface area contributed by atoms with Gasteiger partial charge in [-0.2, -0.15) is 61.5 Å². The van der Waals surface area contributed by atoms with E-state index >= 15 is 0 Å². The van der Waals surface area contributed by atoms with E-state index in [9.17, 15) is 70.7 Å². The van der Waals surface area contributed by atoms with Crippen molar-refractivity contribution in [3.05, 3.63) is 47.5 Å². The van der Waals surface area contributed by atoms with Crippen LogP contribution in [0.15, 0.2) is 42.0 Å².